The maximum atomic E-state index is 13.0. The Kier molecular flexibility index (Phi) is 6.33. The number of benzene rings is 1. The summed E-state index contributed by atoms with van der Waals surface area (Å²) in [5.41, 5.74) is 3.74. The van der Waals surface area contributed by atoms with Crippen LogP contribution in [0.3, 0.4) is 0 Å². The Morgan fingerprint density at radius 2 is 2.08 bits per heavy atom. The standard InChI is InChI=1S/C21H32N2O3/c1-4-9-23-10-11-26-20-17-13-18(21(25)22(5-2)6-3)16(14-24)12-15(17)7-8-19(20)23/h12-13,19-20,24H,4-11,14H2,1-3H3/t19-,20-/m1/s1. The third kappa shape index (κ3) is 3.53. The number of aryl methyl sites for hydroxylation is 1. The highest BCUT2D eigenvalue weighted by atomic mass is 16.5. The Hall–Kier alpha value is -1.43. The van der Waals surface area contributed by atoms with E-state index < -0.39 is 0 Å². The van der Waals surface area contributed by atoms with Crippen LogP contribution in [0.2, 0.25) is 0 Å². The minimum Gasteiger partial charge on any atom is -0.392 e. The Morgan fingerprint density at radius 1 is 1.31 bits per heavy atom. The zero-order valence-electron chi connectivity index (χ0n) is 16.3. The number of hydrogen-bond donors (Lipinski definition) is 1. The molecular weight excluding hydrogens is 328 g/mol. The summed E-state index contributed by atoms with van der Waals surface area (Å²) in [5.74, 6) is 0.00481. The maximum absolute atomic E-state index is 13.0. The van der Waals surface area contributed by atoms with Crippen molar-refractivity contribution in [2.45, 2.75) is 58.8 Å². The van der Waals surface area contributed by atoms with E-state index in [1.807, 2.05) is 30.9 Å². The third-order valence-electron chi connectivity index (χ3n) is 5.84. The summed E-state index contributed by atoms with van der Waals surface area (Å²) >= 11 is 0. The van der Waals surface area contributed by atoms with E-state index in [1.54, 1.807) is 0 Å². The van der Waals surface area contributed by atoms with Gasteiger partial charge in [-0.15, -0.1) is 0 Å². The first-order chi connectivity index (χ1) is 12.6. The van der Waals surface area contributed by atoms with Crippen molar-refractivity contribution in [1.82, 2.24) is 9.80 Å². The van der Waals surface area contributed by atoms with Crippen LogP contribution in [-0.4, -0.2) is 59.6 Å². The smallest absolute Gasteiger partial charge is 0.254 e. The number of morpholine rings is 1. The largest absolute Gasteiger partial charge is 0.392 e. The highest BCUT2D eigenvalue weighted by Crippen LogP contribution is 2.39. The van der Waals surface area contributed by atoms with Crippen LogP contribution in [0.15, 0.2) is 12.1 Å². The van der Waals surface area contributed by atoms with Crippen molar-refractivity contribution in [2.24, 2.45) is 0 Å². The topological polar surface area (TPSA) is 53.0 Å². The lowest BCUT2D eigenvalue weighted by Crippen LogP contribution is -2.49. The summed E-state index contributed by atoms with van der Waals surface area (Å²) < 4.78 is 6.18. The number of carbonyl (C=O) groups excluding carboxylic acids is 1. The molecule has 0 saturated carbocycles. The van der Waals surface area contributed by atoms with Gasteiger partial charge in [-0.05, 0) is 62.4 Å². The quantitative estimate of drug-likeness (QED) is 0.848. The summed E-state index contributed by atoms with van der Waals surface area (Å²) in [5, 5.41) is 9.83. The van der Waals surface area contributed by atoms with Crippen LogP contribution >= 0.6 is 0 Å². The van der Waals surface area contributed by atoms with Gasteiger partial charge in [0.2, 0.25) is 0 Å². The first-order valence-corrected chi connectivity index (χ1v) is 10.1. The molecule has 26 heavy (non-hydrogen) atoms. The molecule has 0 spiro atoms. The second kappa shape index (κ2) is 8.51. The molecule has 2 atom stereocenters. The van der Waals surface area contributed by atoms with Crippen molar-refractivity contribution in [1.29, 1.82) is 0 Å². The molecule has 1 aliphatic carbocycles. The van der Waals surface area contributed by atoms with Crippen LogP contribution in [0.4, 0.5) is 0 Å². The lowest BCUT2D eigenvalue weighted by Gasteiger charge is -2.45. The third-order valence-corrected chi connectivity index (χ3v) is 5.84. The molecule has 0 radical (unpaired) electrons. The lowest BCUT2D eigenvalue weighted by atomic mass is 9.81. The molecule has 1 aromatic rings. The van der Waals surface area contributed by atoms with Crippen molar-refractivity contribution in [3.05, 3.63) is 34.4 Å². The number of ether oxygens (including phenoxy) is 1. The molecule has 1 aromatic carbocycles. The molecule has 1 heterocycles. The van der Waals surface area contributed by atoms with Crippen LogP contribution in [0, 0.1) is 0 Å². The second-order valence-corrected chi connectivity index (χ2v) is 7.28. The van der Waals surface area contributed by atoms with E-state index in [-0.39, 0.29) is 18.6 Å². The monoisotopic (exact) mass is 360 g/mol. The molecule has 0 unspecified atom stereocenters. The molecule has 1 aliphatic heterocycles. The fourth-order valence-electron chi connectivity index (χ4n) is 4.47. The Bertz CT molecular complexity index is 640. The first kappa shape index (κ1) is 19.3. The lowest BCUT2D eigenvalue weighted by molar-refractivity contribution is -0.0801. The molecule has 2 aliphatic rings. The molecule has 0 aromatic heterocycles. The number of aliphatic hydroxyl groups is 1. The minimum absolute atomic E-state index is 0.00481. The average molecular weight is 360 g/mol. The van der Waals surface area contributed by atoms with E-state index in [2.05, 4.69) is 11.8 Å². The van der Waals surface area contributed by atoms with Gasteiger partial charge in [-0.25, -0.2) is 0 Å². The summed E-state index contributed by atoms with van der Waals surface area (Å²) in [6, 6.07) is 4.44. The van der Waals surface area contributed by atoms with Crippen LogP contribution in [0.1, 0.15) is 66.8 Å². The number of aliphatic hydroxyl groups excluding tert-OH is 1. The van der Waals surface area contributed by atoms with Gasteiger partial charge in [0, 0.05) is 31.2 Å². The summed E-state index contributed by atoms with van der Waals surface area (Å²) in [7, 11) is 0. The maximum Gasteiger partial charge on any atom is 0.254 e. The van der Waals surface area contributed by atoms with Gasteiger partial charge >= 0.3 is 0 Å². The highest BCUT2D eigenvalue weighted by Gasteiger charge is 2.37. The number of carbonyl (C=O) groups is 1. The zero-order chi connectivity index (χ0) is 18.7. The molecule has 1 amide bonds. The average Bonchev–Trinajstić information content (AvgIpc) is 2.68. The normalized spacial score (nSPS) is 22.6. The number of fused-ring (bicyclic) bond motifs is 3. The van der Waals surface area contributed by atoms with Gasteiger partial charge in [0.25, 0.3) is 5.91 Å². The molecular formula is C21H32N2O3. The molecule has 1 saturated heterocycles. The van der Waals surface area contributed by atoms with Gasteiger partial charge in [0.05, 0.1) is 19.3 Å². The number of hydrogen-bond acceptors (Lipinski definition) is 4. The van der Waals surface area contributed by atoms with Crippen molar-refractivity contribution < 1.29 is 14.6 Å². The molecule has 5 nitrogen and oxygen atoms in total. The fourth-order valence-corrected chi connectivity index (χ4v) is 4.47. The van der Waals surface area contributed by atoms with Gasteiger partial charge < -0.3 is 14.7 Å². The van der Waals surface area contributed by atoms with Gasteiger partial charge in [-0.1, -0.05) is 13.0 Å². The van der Waals surface area contributed by atoms with E-state index in [0.29, 0.717) is 24.7 Å². The van der Waals surface area contributed by atoms with Crippen LogP contribution in [0.5, 0.6) is 0 Å². The highest BCUT2D eigenvalue weighted by molar-refractivity contribution is 5.96. The zero-order valence-corrected chi connectivity index (χ0v) is 16.3. The second-order valence-electron chi connectivity index (χ2n) is 7.28. The molecule has 1 N–H and O–H groups in total. The predicted molar refractivity (Wildman–Crippen MR) is 102 cm³/mol. The van der Waals surface area contributed by atoms with E-state index in [9.17, 15) is 9.90 Å². The van der Waals surface area contributed by atoms with Crippen LogP contribution in [-0.2, 0) is 17.8 Å². The number of amides is 1. The van der Waals surface area contributed by atoms with Crippen LogP contribution < -0.4 is 0 Å². The Balaban J connectivity index is 1.98. The van der Waals surface area contributed by atoms with Gasteiger partial charge in [-0.2, -0.15) is 0 Å². The van der Waals surface area contributed by atoms with Crippen molar-refractivity contribution >= 4 is 5.91 Å². The molecule has 144 valence electrons. The summed E-state index contributed by atoms with van der Waals surface area (Å²) in [6.07, 6.45) is 3.24. The van der Waals surface area contributed by atoms with E-state index in [1.165, 1.54) is 5.56 Å². The van der Waals surface area contributed by atoms with Crippen LogP contribution in [0.25, 0.3) is 0 Å². The van der Waals surface area contributed by atoms with Crippen molar-refractivity contribution in [2.75, 3.05) is 32.8 Å². The first-order valence-electron chi connectivity index (χ1n) is 10.1. The Morgan fingerprint density at radius 3 is 2.73 bits per heavy atom. The minimum atomic E-state index is -0.105. The molecule has 5 heteroatoms. The number of rotatable bonds is 6. The summed E-state index contributed by atoms with van der Waals surface area (Å²) in [6.45, 7) is 10.3. The van der Waals surface area contributed by atoms with E-state index >= 15 is 0 Å². The molecule has 3 rings (SSSR count). The summed E-state index contributed by atoms with van der Waals surface area (Å²) in [4.78, 5) is 17.3. The number of nitrogens with zero attached hydrogens (tertiary/aromatic N) is 2. The van der Waals surface area contributed by atoms with Gasteiger partial charge in [0.15, 0.2) is 0 Å². The van der Waals surface area contributed by atoms with Crippen molar-refractivity contribution in [3.63, 3.8) is 0 Å². The fraction of sp³-hybridized carbons (Fsp3) is 0.667. The molecule has 0 bridgehead atoms. The SMILES string of the molecule is CCCN1CCO[C@@H]2c3cc(C(=O)N(CC)CC)c(CO)cc3CC[C@H]21. The van der Waals surface area contributed by atoms with Gasteiger partial charge in [0.1, 0.15) is 0 Å². The Labute approximate surface area is 156 Å². The van der Waals surface area contributed by atoms with Crippen molar-refractivity contribution in [3.8, 4) is 0 Å². The van der Waals surface area contributed by atoms with Gasteiger partial charge in [-0.3, -0.25) is 9.69 Å². The van der Waals surface area contributed by atoms with E-state index in [4.69, 9.17) is 4.74 Å². The van der Waals surface area contributed by atoms with E-state index in [0.717, 1.165) is 50.1 Å². The predicted octanol–water partition coefficient (Wildman–Crippen LogP) is 2.76. The molecule has 1 fully saturated rings.